The first-order valence-corrected chi connectivity index (χ1v) is 6.24. The highest BCUT2D eigenvalue weighted by atomic mass is 35.5. The lowest BCUT2D eigenvalue weighted by atomic mass is 10.0. The second kappa shape index (κ2) is 4.01. The fourth-order valence-electron chi connectivity index (χ4n) is 2.31. The Balaban J connectivity index is 2.16. The summed E-state index contributed by atoms with van der Waals surface area (Å²) in [5.74, 6) is 1.38. The summed E-state index contributed by atoms with van der Waals surface area (Å²) in [6, 6.07) is 1.84. The molecule has 1 fully saturated rings. The van der Waals surface area contributed by atoms with Crippen molar-refractivity contribution in [1.29, 1.82) is 0 Å². The maximum absolute atomic E-state index is 10.5. The van der Waals surface area contributed by atoms with Crippen molar-refractivity contribution >= 4 is 17.7 Å². The van der Waals surface area contributed by atoms with Crippen molar-refractivity contribution in [2.45, 2.75) is 25.3 Å². The smallest absolute Gasteiger partial charge is 0.235 e. The third-order valence-electron chi connectivity index (χ3n) is 3.48. The van der Waals surface area contributed by atoms with Gasteiger partial charge in [-0.05, 0) is 25.8 Å². The minimum atomic E-state index is -0.487. The fourth-order valence-corrected chi connectivity index (χ4v) is 2.63. The summed E-state index contributed by atoms with van der Waals surface area (Å²) in [6.45, 7) is 2.94. The SMILES string of the molecule is Cc1c(Cl)c(C2(N=C=O)CC2)cc2c1OCCO2. The molecule has 0 bridgehead atoms. The van der Waals surface area contributed by atoms with Crippen LogP contribution in [0.15, 0.2) is 11.1 Å². The van der Waals surface area contributed by atoms with Crippen LogP contribution in [-0.2, 0) is 10.3 Å². The Morgan fingerprint density at radius 1 is 1.39 bits per heavy atom. The molecule has 18 heavy (non-hydrogen) atoms. The summed E-state index contributed by atoms with van der Waals surface area (Å²) in [4.78, 5) is 14.4. The minimum absolute atomic E-state index is 0.487. The molecule has 0 N–H and O–H groups in total. The van der Waals surface area contributed by atoms with Crippen LogP contribution in [0, 0.1) is 6.92 Å². The van der Waals surface area contributed by atoms with E-state index in [9.17, 15) is 4.79 Å². The van der Waals surface area contributed by atoms with E-state index in [0.29, 0.717) is 29.7 Å². The number of halogens is 1. The zero-order valence-corrected chi connectivity index (χ0v) is 10.7. The molecule has 1 aromatic carbocycles. The lowest BCUT2D eigenvalue weighted by Crippen LogP contribution is -2.17. The quantitative estimate of drug-likeness (QED) is 0.610. The zero-order valence-electron chi connectivity index (χ0n) is 9.96. The molecule has 2 aliphatic rings. The second-order valence-electron chi connectivity index (χ2n) is 4.62. The highest BCUT2D eigenvalue weighted by molar-refractivity contribution is 6.32. The van der Waals surface area contributed by atoms with Gasteiger partial charge in [-0.3, -0.25) is 0 Å². The Labute approximate surface area is 110 Å². The summed E-state index contributed by atoms with van der Waals surface area (Å²) < 4.78 is 11.1. The van der Waals surface area contributed by atoms with E-state index in [1.165, 1.54) is 0 Å². The molecule has 0 aromatic heterocycles. The van der Waals surface area contributed by atoms with Crippen LogP contribution in [0.3, 0.4) is 0 Å². The Hall–Kier alpha value is -1.51. The van der Waals surface area contributed by atoms with Gasteiger partial charge >= 0.3 is 0 Å². The van der Waals surface area contributed by atoms with Crippen LogP contribution >= 0.6 is 11.6 Å². The number of benzene rings is 1. The van der Waals surface area contributed by atoms with Crippen molar-refractivity contribution in [2.24, 2.45) is 4.99 Å². The molecule has 5 heteroatoms. The number of nitrogens with zero attached hydrogens (tertiary/aromatic N) is 1. The Kier molecular flexibility index (Phi) is 2.58. The van der Waals surface area contributed by atoms with Gasteiger partial charge in [0.15, 0.2) is 11.5 Å². The van der Waals surface area contributed by atoms with E-state index in [-0.39, 0.29) is 0 Å². The van der Waals surface area contributed by atoms with E-state index in [2.05, 4.69) is 4.99 Å². The van der Waals surface area contributed by atoms with Gasteiger partial charge in [-0.25, -0.2) is 4.79 Å². The second-order valence-corrected chi connectivity index (χ2v) is 5.00. The lowest BCUT2D eigenvalue weighted by molar-refractivity contribution is 0.170. The monoisotopic (exact) mass is 265 g/mol. The molecule has 0 amide bonds. The van der Waals surface area contributed by atoms with Gasteiger partial charge in [0.25, 0.3) is 0 Å². The molecule has 94 valence electrons. The number of fused-ring (bicyclic) bond motifs is 1. The van der Waals surface area contributed by atoms with Gasteiger partial charge in [0.2, 0.25) is 6.08 Å². The standard InChI is InChI=1S/C13H12ClNO3/c1-8-11(14)9(13(2-3-13)15-7-16)6-10-12(8)18-5-4-17-10/h6H,2-5H2,1H3. The number of hydrogen-bond acceptors (Lipinski definition) is 4. The first kappa shape index (κ1) is 11.6. The fraction of sp³-hybridized carbons (Fsp3) is 0.462. The minimum Gasteiger partial charge on any atom is -0.486 e. The normalized spacial score (nSPS) is 19.0. The number of carbonyl (C=O) groups excluding carboxylic acids is 1. The van der Waals surface area contributed by atoms with Gasteiger partial charge in [-0.15, -0.1) is 0 Å². The van der Waals surface area contributed by atoms with Gasteiger partial charge in [-0.1, -0.05) is 11.6 Å². The average Bonchev–Trinajstić information content (AvgIpc) is 3.15. The van der Waals surface area contributed by atoms with E-state index >= 15 is 0 Å². The molecule has 0 saturated heterocycles. The molecule has 1 aliphatic carbocycles. The lowest BCUT2D eigenvalue weighted by Gasteiger charge is -2.23. The number of rotatable bonds is 2. The first-order chi connectivity index (χ1) is 8.68. The van der Waals surface area contributed by atoms with Gasteiger partial charge in [0, 0.05) is 11.1 Å². The number of ether oxygens (including phenoxy) is 2. The third kappa shape index (κ3) is 1.61. The number of hydrogen-bond donors (Lipinski definition) is 0. The molecule has 1 saturated carbocycles. The van der Waals surface area contributed by atoms with E-state index in [0.717, 1.165) is 24.0 Å². The molecular weight excluding hydrogens is 254 g/mol. The molecule has 1 heterocycles. The van der Waals surface area contributed by atoms with E-state index < -0.39 is 5.54 Å². The largest absolute Gasteiger partial charge is 0.486 e. The highest BCUT2D eigenvalue weighted by Gasteiger charge is 2.47. The molecule has 4 nitrogen and oxygen atoms in total. The van der Waals surface area contributed by atoms with Gasteiger partial charge in [0.1, 0.15) is 13.2 Å². The molecule has 0 unspecified atom stereocenters. The van der Waals surface area contributed by atoms with Crippen molar-refractivity contribution in [3.05, 3.63) is 22.2 Å². The summed E-state index contributed by atoms with van der Waals surface area (Å²) in [7, 11) is 0. The van der Waals surface area contributed by atoms with Crippen molar-refractivity contribution in [3.8, 4) is 11.5 Å². The van der Waals surface area contributed by atoms with Crippen LogP contribution in [0.5, 0.6) is 11.5 Å². The summed E-state index contributed by atoms with van der Waals surface area (Å²) in [6.07, 6.45) is 3.28. The van der Waals surface area contributed by atoms with Crippen LogP contribution in [0.4, 0.5) is 0 Å². The van der Waals surface area contributed by atoms with Gasteiger partial charge in [0.05, 0.1) is 10.6 Å². The maximum Gasteiger partial charge on any atom is 0.235 e. The summed E-state index contributed by atoms with van der Waals surface area (Å²) in [5, 5.41) is 0.607. The molecule has 0 spiro atoms. The van der Waals surface area contributed by atoms with Crippen molar-refractivity contribution in [2.75, 3.05) is 13.2 Å². The number of aliphatic imine (C=N–C) groups is 1. The molecule has 1 aliphatic heterocycles. The Morgan fingerprint density at radius 3 is 2.78 bits per heavy atom. The predicted molar refractivity (Wildman–Crippen MR) is 66.2 cm³/mol. The van der Waals surface area contributed by atoms with Crippen LogP contribution in [0.2, 0.25) is 5.02 Å². The first-order valence-electron chi connectivity index (χ1n) is 5.86. The van der Waals surface area contributed by atoms with Gasteiger partial charge in [-0.2, -0.15) is 4.99 Å². The Bertz CT molecular complexity index is 560. The molecule has 0 atom stereocenters. The molecule has 3 rings (SSSR count). The van der Waals surface area contributed by atoms with Gasteiger partial charge < -0.3 is 9.47 Å². The van der Waals surface area contributed by atoms with E-state index in [1.54, 1.807) is 6.08 Å². The van der Waals surface area contributed by atoms with Crippen molar-refractivity contribution in [1.82, 2.24) is 0 Å². The highest BCUT2D eigenvalue weighted by Crippen LogP contribution is 2.54. The maximum atomic E-state index is 10.5. The molecule has 1 aromatic rings. The predicted octanol–water partition coefficient (Wildman–Crippen LogP) is 2.74. The van der Waals surface area contributed by atoms with Crippen LogP contribution in [0.25, 0.3) is 0 Å². The molecular formula is C13H12ClNO3. The zero-order chi connectivity index (χ0) is 12.8. The van der Waals surface area contributed by atoms with Crippen LogP contribution in [-0.4, -0.2) is 19.3 Å². The summed E-state index contributed by atoms with van der Waals surface area (Å²) in [5.41, 5.74) is 1.20. The topological polar surface area (TPSA) is 47.9 Å². The molecule has 0 radical (unpaired) electrons. The number of isocyanates is 1. The van der Waals surface area contributed by atoms with E-state index in [1.807, 2.05) is 13.0 Å². The van der Waals surface area contributed by atoms with Crippen LogP contribution < -0.4 is 9.47 Å². The average molecular weight is 266 g/mol. The summed E-state index contributed by atoms with van der Waals surface area (Å²) >= 11 is 6.37. The third-order valence-corrected chi connectivity index (χ3v) is 3.96. The Morgan fingerprint density at radius 2 is 2.11 bits per heavy atom. The van der Waals surface area contributed by atoms with E-state index in [4.69, 9.17) is 21.1 Å². The van der Waals surface area contributed by atoms with Crippen molar-refractivity contribution < 1.29 is 14.3 Å². The van der Waals surface area contributed by atoms with Crippen molar-refractivity contribution in [3.63, 3.8) is 0 Å². The van der Waals surface area contributed by atoms with Crippen LogP contribution in [0.1, 0.15) is 24.0 Å².